The molecule has 0 spiro atoms. The summed E-state index contributed by atoms with van der Waals surface area (Å²) in [5, 5.41) is 12.5. The van der Waals surface area contributed by atoms with Crippen molar-refractivity contribution in [2.75, 3.05) is 0 Å². The molecule has 1 aliphatic rings. The number of rotatable bonds is 4. The van der Waals surface area contributed by atoms with Crippen LogP contribution in [0.3, 0.4) is 0 Å². The maximum absolute atomic E-state index is 2.51. The van der Waals surface area contributed by atoms with Gasteiger partial charge in [0.15, 0.2) is 0 Å². The highest BCUT2D eigenvalue weighted by molar-refractivity contribution is 6.14. The minimum Gasteiger partial charge on any atom is -0.309 e. The first-order valence-corrected chi connectivity index (χ1v) is 21.9. The summed E-state index contributed by atoms with van der Waals surface area (Å²) in [6.07, 6.45) is 0. The van der Waals surface area contributed by atoms with Crippen LogP contribution in [0.15, 0.2) is 224 Å². The number of nitrogens with zero attached hydrogens (tertiary/aromatic N) is 2. The number of aromatic nitrogens is 2. The van der Waals surface area contributed by atoms with E-state index in [1.54, 1.807) is 0 Å². The van der Waals surface area contributed by atoms with E-state index in [0.29, 0.717) is 0 Å². The minimum atomic E-state index is 0.132. The van der Waals surface area contributed by atoms with Gasteiger partial charge in [0.2, 0.25) is 0 Å². The predicted octanol–water partition coefficient (Wildman–Crippen LogP) is 16.2. The van der Waals surface area contributed by atoms with Gasteiger partial charge in [0.1, 0.15) is 0 Å². The molecule has 11 aromatic carbocycles. The summed E-state index contributed by atoms with van der Waals surface area (Å²) in [5.41, 5.74) is 16.3. The summed E-state index contributed by atoms with van der Waals surface area (Å²) in [7, 11) is 0. The Kier molecular flexibility index (Phi) is 7.20. The number of benzene rings is 11. The smallest absolute Gasteiger partial charge is 0.0544 e. The van der Waals surface area contributed by atoms with Crippen molar-refractivity contribution in [3.8, 4) is 33.6 Å². The van der Waals surface area contributed by atoms with Gasteiger partial charge in [0.05, 0.1) is 22.1 Å². The van der Waals surface area contributed by atoms with Crippen LogP contribution in [0.5, 0.6) is 0 Å². The van der Waals surface area contributed by atoms with E-state index < -0.39 is 0 Å². The molecule has 2 aromatic heterocycles. The first-order valence-electron chi connectivity index (χ1n) is 21.9. The Morgan fingerprint density at radius 1 is 0.270 bits per heavy atom. The average molecular weight is 799 g/mol. The Hall–Kier alpha value is -8.20. The molecule has 63 heavy (non-hydrogen) atoms. The van der Waals surface area contributed by atoms with Gasteiger partial charge < -0.3 is 9.13 Å². The second-order valence-electron chi connectivity index (χ2n) is 17.3. The molecule has 13 aromatic rings. The summed E-state index contributed by atoms with van der Waals surface area (Å²) in [4.78, 5) is 0. The van der Waals surface area contributed by atoms with Crippen LogP contribution < -0.4 is 0 Å². The van der Waals surface area contributed by atoms with E-state index in [9.17, 15) is 0 Å². The van der Waals surface area contributed by atoms with E-state index in [-0.39, 0.29) is 5.92 Å². The fraction of sp³-hybridized carbons (Fsp3) is 0.0164. The van der Waals surface area contributed by atoms with E-state index >= 15 is 0 Å². The third-order valence-corrected chi connectivity index (χ3v) is 13.9. The number of fused-ring (bicyclic) bond motifs is 12. The molecule has 0 saturated heterocycles. The molecule has 1 unspecified atom stereocenters. The summed E-state index contributed by atoms with van der Waals surface area (Å²) in [6, 6.07) is 83.8. The summed E-state index contributed by atoms with van der Waals surface area (Å²) < 4.78 is 4.92. The molecule has 0 fully saturated rings. The summed E-state index contributed by atoms with van der Waals surface area (Å²) >= 11 is 0. The van der Waals surface area contributed by atoms with E-state index in [2.05, 4.69) is 234 Å². The molecule has 0 bridgehead atoms. The molecule has 14 rings (SSSR count). The molecule has 1 aliphatic carbocycles. The molecule has 2 nitrogen and oxygen atoms in total. The first kappa shape index (κ1) is 34.5. The fourth-order valence-electron chi connectivity index (χ4n) is 11.0. The number of para-hydroxylation sites is 1. The van der Waals surface area contributed by atoms with Gasteiger partial charge in [-0.2, -0.15) is 0 Å². The molecule has 1 atom stereocenters. The van der Waals surface area contributed by atoms with Gasteiger partial charge in [0.25, 0.3) is 0 Å². The second kappa shape index (κ2) is 13.1. The van der Waals surface area contributed by atoms with Crippen molar-refractivity contribution in [2.24, 2.45) is 0 Å². The minimum absolute atomic E-state index is 0.132. The van der Waals surface area contributed by atoms with Crippen LogP contribution in [-0.4, -0.2) is 9.13 Å². The number of hydrogen-bond donors (Lipinski definition) is 0. The monoisotopic (exact) mass is 798 g/mol. The Balaban J connectivity index is 0.994. The SMILES string of the molecule is c1ccc2c(c1)-c1cc3c4cc(-c5ccc6c(c5)c5ccccc5n6-c5ccc6ccccc6c5)ccc4n(-c4ccc5ccccc5c4)c3cc1C2c1ccc2ccccc2c1. The van der Waals surface area contributed by atoms with Crippen molar-refractivity contribution in [3.05, 3.63) is 241 Å². The van der Waals surface area contributed by atoms with Gasteiger partial charge in [-0.3, -0.25) is 0 Å². The van der Waals surface area contributed by atoms with Crippen LogP contribution in [0.4, 0.5) is 0 Å². The topological polar surface area (TPSA) is 9.86 Å². The maximum Gasteiger partial charge on any atom is 0.0544 e. The molecule has 0 aliphatic heterocycles. The Bertz CT molecular complexity index is 4050. The first-order chi connectivity index (χ1) is 31.2. The second-order valence-corrected chi connectivity index (χ2v) is 17.3. The van der Waals surface area contributed by atoms with Crippen molar-refractivity contribution in [1.29, 1.82) is 0 Å². The van der Waals surface area contributed by atoms with Gasteiger partial charge >= 0.3 is 0 Å². The third-order valence-electron chi connectivity index (χ3n) is 13.9. The van der Waals surface area contributed by atoms with Gasteiger partial charge in [-0.05, 0) is 138 Å². The van der Waals surface area contributed by atoms with Crippen LogP contribution in [0.2, 0.25) is 0 Å². The Morgan fingerprint density at radius 2 is 0.762 bits per heavy atom. The Labute approximate surface area is 364 Å². The standard InChI is InChI=1S/C61H38N2/c1-4-14-41-31-46(22-21-38(41)11-1)61-51-19-8-7-17-49(51)52-36-55-54-35-45(26-30-59(54)63(60(55)37-56(52)61)48-28-24-40-13-3-6-16-43(40)33-48)44-25-29-58-53(34-44)50-18-9-10-20-57(50)62(58)47-27-23-39-12-2-5-15-42(39)32-47/h1-37,61H. The van der Waals surface area contributed by atoms with Gasteiger partial charge in [-0.15, -0.1) is 0 Å². The molecule has 0 radical (unpaired) electrons. The number of hydrogen-bond acceptors (Lipinski definition) is 0. The molecule has 2 heterocycles. The molecule has 292 valence electrons. The zero-order valence-corrected chi connectivity index (χ0v) is 34.3. The summed E-state index contributed by atoms with van der Waals surface area (Å²) in [6.45, 7) is 0. The van der Waals surface area contributed by atoms with Crippen molar-refractivity contribution in [2.45, 2.75) is 5.92 Å². The van der Waals surface area contributed by atoms with Gasteiger partial charge in [-0.25, -0.2) is 0 Å². The normalized spacial score (nSPS) is 13.6. The molecular weight excluding hydrogens is 761 g/mol. The zero-order chi connectivity index (χ0) is 41.2. The molecular formula is C61H38N2. The van der Waals surface area contributed by atoms with E-state index in [4.69, 9.17) is 0 Å². The van der Waals surface area contributed by atoms with Gasteiger partial charge in [-0.1, -0.05) is 158 Å². The van der Waals surface area contributed by atoms with Gasteiger partial charge in [0, 0.05) is 38.8 Å². The van der Waals surface area contributed by atoms with Crippen molar-refractivity contribution < 1.29 is 0 Å². The molecule has 0 N–H and O–H groups in total. The lowest BCUT2D eigenvalue weighted by atomic mass is 9.88. The zero-order valence-electron chi connectivity index (χ0n) is 34.3. The van der Waals surface area contributed by atoms with Crippen LogP contribution in [0.1, 0.15) is 22.6 Å². The maximum atomic E-state index is 2.51. The van der Waals surface area contributed by atoms with Crippen molar-refractivity contribution in [1.82, 2.24) is 9.13 Å². The van der Waals surface area contributed by atoms with Crippen LogP contribution in [0.25, 0.3) is 110 Å². The van der Waals surface area contributed by atoms with Crippen LogP contribution >= 0.6 is 0 Å². The van der Waals surface area contributed by atoms with Crippen molar-refractivity contribution >= 4 is 75.9 Å². The highest BCUT2D eigenvalue weighted by atomic mass is 15.0. The summed E-state index contributed by atoms with van der Waals surface area (Å²) in [5.74, 6) is 0.132. The lowest BCUT2D eigenvalue weighted by Gasteiger charge is -2.16. The van der Waals surface area contributed by atoms with Crippen molar-refractivity contribution in [3.63, 3.8) is 0 Å². The Morgan fingerprint density at radius 3 is 1.43 bits per heavy atom. The lowest BCUT2D eigenvalue weighted by molar-refractivity contribution is 1.02. The highest BCUT2D eigenvalue weighted by Crippen LogP contribution is 2.51. The van der Waals surface area contributed by atoms with Crippen LogP contribution in [0, 0.1) is 0 Å². The predicted molar refractivity (Wildman–Crippen MR) is 266 cm³/mol. The largest absolute Gasteiger partial charge is 0.309 e. The highest BCUT2D eigenvalue weighted by Gasteiger charge is 2.31. The fourth-order valence-corrected chi connectivity index (χ4v) is 11.0. The molecule has 2 heteroatoms. The third kappa shape index (κ3) is 5.13. The quantitative estimate of drug-likeness (QED) is 0.168. The lowest BCUT2D eigenvalue weighted by Crippen LogP contribution is -2.00. The van der Waals surface area contributed by atoms with E-state index in [1.807, 2.05) is 0 Å². The molecule has 0 saturated carbocycles. The molecule has 0 amide bonds. The van der Waals surface area contributed by atoms with E-state index in [1.165, 1.54) is 126 Å². The average Bonchev–Trinajstić information content (AvgIpc) is 3.97. The van der Waals surface area contributed by atoms with E-state index in [0.717, 1.165) is 0 Å². The van der Waals surface area contributed by atoms with Crippen LogP contribution in [-0.2, 0) is 0 Å².